The molecule has 0 aliphatic carbocycles. The second-order valence-corrected chi connectivity index (χ2v) is 8.48. The number of hydrogen-bond acceptors (Lipinski definition) is 4. The summed E-state index contributed by atoms with van der Waals surface area (Å²) >= 11 is 13.2. The van der Waals surface area contributed by atoms with E-state index in [1.54, 1.807) is 24.3 Å². The number of carbonyl (C=O) groups is 1. The van der Waals surface area contributed by atoms with Gasteiger partial charge in [-0.05, 0) is 54.4 Å². The molecular weight excluding hydrogens is 415 g/mol. The van der Waals surface area contributed by atoms with Crippen molar-refractivity contribution < 1.29 is 4.79 Å². The van der Waals surface area contributed by atoms with Crippen LogP contribution in [0, 0.1) is 5.92 Å². The lowest BCUT2D eigenvalue weighted by Crippen LogP contribution is -2.15. The summed E-state index contributed by atoms with van der Waals surface area (Å²) in [4.78, 5) is 12.3. The molecule has 0 aliphatic heterocycles. The van der Waals surface area contributed by atoms with Crippen molar-refractivity contribution in [1.82, 2.24) is 14.8 Å². The van der Waals surface area contributed by atoms with Gasteiger partial charge in [-0.15, -0.1) is 10.2 Å². The quantitative estimate of drug-likeness (QED) is 0.488. The average Bonchev–Trinajstić information content (AvgIpc) is 3.04. The Kier molecular flexibility index (Phi) is 6.99. The van der Waals surface area contributed by atoms with E-state index in [1.165, 1.54) is 11.8 Å². The summed E-state index contributed by atoms with van der Waals surface area (Å²) in [6.07, 6.45) is 0. The summed E-state index contributed by atoms with van der Waals surface area (Å²) in [6.45, 7) is 5.02. The van der Waals surface area contributed by atoms with E-state index in [1.807, 2.05) is 28.8 Å². The Balaban J connectivity index is 1.73. The van der Waals surface area contributed by atoms with E-state index < -0.39 is 0 Å². The monoisotopic (exact) mass is 434 g/mol. The molecule has 0 saturated heterocycles. The van der Waals surface area contributed by atoms with Crippen LogP contribution in [0.4, 0.5) is 5.69 Å². The zero-order valence-electron chi connectivity index (χ0n) is 15.5. The number of hydrogen-bond donors (Lipinski definition) is 1. The predicted molar refractivity (Wildman–Crippen MR) is 116 cm³/mol. The minimum Gasteiger partial charge on any atom is -0.325 e. The highest BCUT2D eigenvalue weighted by Crippen LogP contribution is 2.26. The molecule has 146 valence electrons. The van der Waals surface area contributed by atoms with Crippen molar-refractivity contribution >= 4 is 46.6 Å². The molecule has 5 nitrogen and oxygen atoms in total. The number of benzene rings is 2. The minimum atomic E-state index is -0.112. The van der Waals surface area contributed by atoms with Gasteiger partial charge in [0.25, 0.3) is 0 Å². The number of aromatic nitrogens is 3. The van der Waals surface area contributed by atoms with Gasteiger partial charge in [-0.25, -0.2) is 0 Å². The fourth-order valence-electron chi connectivity index (χ4n) is 2.60. The molecular formula is C20H20Cl2N4OS. The van der Waals surface area contributed by atoms with Crippen LogP contribution in [0.3, 0.4) is 0 Å². The Labute approximate surface area is 178 Å². The van der Waals surface area contributed by atoms with Gasteiger partial charge in [0.1, 0.15) is 0 Å². The molecule has 1 amide bonds. The van der Waals surface area contributed by atoms with Gasteiger partial charge in [0.05, 0.1) is 5.75 Å². The van der Waals surface area contributed by atoms with Gasteiger partial charge in [0.15, 0.2) is 11.0 Å². The van der Waals surface area contributed by atoms with Crippen LogP contribution in [0.25, 0.3) is 11.4 Å². The SMILES string of the molecule is CC(C)Cn1c(SCC(=O)Nc2ccc(Cl)cc2)nnc1-c1ccc(Cl)cc1. The van der Waals surface area contributed by atoms with Gasteiger partial charge in [-0.2, -0.15) is 0 Å². The van der Waals surface area contributed by atoms with E-state index in [-0.39, 0.29) is 11.7 Å². The van der Waals surface area contributed by atoms with Crippen molar-refractivity contribution in [1.29, 1.82) is 0 Å². The number of nitrogens with zero attached hydrogens (tertiary/aromatic N) is 3. The molecule has 1 N–H and O–H groups in total. The highest BCUT2D eigenvalue weighted by Gasteiger charge is 2.16. The maximum atomic E-state index is 12.3. The number of thioether (sulfide) groups is 1. The van der Waals surface area contributed by atoms with Gasteiger partial charge >= 0.3 is 0 Å². The molecule has 0 aliphatic rings. The smallest absolute Gasteiger partial charge is 0.234 e. The molecule has 3 aromatic rings. The highest BCUT2D eigenvalue weighted by molar-refractivity contribution is 7.99. The normalized spacial score (nSPS) is 11.0. The fraction of sp³-hybridized carbons (Fsp3) is 0.250. The van der Waals surface area contributed by atoms with Crippen LogP contribution in [0.2, 0.25) is 10.0 Å². The summed E-state index contributed by atoms with van der Waals surface area (Å²) in [6, 6.07) is 14.5. The van der Waals surface area contributed by atoms with Crippen LogP contribution in [0.5, 0.6) is 0 Å². The lowest BCUT2D eigenvalue weighted by atomic mass is 10.2. The van der Waals surface area contributed by atoms with Crippen LogP contribution in [-0.2, 0) is 11.3 Å². The Hall–Kier alpha value is -2.02. The van der Waals surface area contributed by atoms with Crippen molar-refractivity contribution in [3.8, 4) is 11.4 Å². The molecule has 0 bridgehead atoms. The second kappa shape index (κ2) is 9.45. The van der Waals surface area contributed by atoms with Crippen molar-refractivity contribution in [3.05, 3.63) is 58.6 Å². The van der Waals surface area contributed by atoms with Crippen molar-refractivity contribution in [3.63, 3.8) is 0 Å². The number of nitrogens with one attached hydrogen (secondary N) is 1. The second-order valence-electron chi connectivity index (χ2n) is 6.66. The molecule has 0 atom stereocenters. The summed E-state index contributed by atoms with van der Waals surface area (Å²) < 4.78 is 2.05. The van der Waals surface area contributed by atoms with E-state index >= 15 is 0 Å². The maximum absolute atomic E-state index is 12.3. The maximum Gasteiger partial charge on any atom is 0.234 e. The first kappa shape index (κ1) is 20.7. The Morgan fingerprint density at radius 3 is 2.25 bits per heavy atom. The third kappa shape index (κ3) is 5.50. The summed E-state index contributed by atoms with van der Waals surface area (Å²) in [5.41, 5.74) is 1.65. The first-order chi connectivity index (χ1) is 13.4. The zero-order chi connectivity index (χ0) is 20.1. The Morgan fingerprint density at radius 2 is 1.64 bits per heavy atom. The first-order valence-electron chi connectivity index (χ1n) is 8.79. The lowest BCUT2D eigenvalue weighted by Gasteiger charge is -2.12. The minimum absolute atomic E-state index is 0.112. The number of carbonyl (C=O) groups excluding carboxylic acids is 1. The van der Waals surface area contributed by atoms with Gasteiger partial charge in [-0.3, -0.25) is 4.79 Å². The van der Waals surface area contributed by atoms with Crippen molar-refractivity contribution in [2.45, 2.75) is 25.5 Å². The van der Waals surface area contributed by atoms with E-state index in [9.17, 15) is 4.79 Å². The zero-order valence-corrected chi connectivity index (χ0v) is 17.9. The van der Waals surface area contributed by atoms with Gasteiger partial charge < -0.3 is 9.88 Å². The van der Waals surface area contributed by atoms with Crippen LogP contribution >= 0.6 is 35.0 Å². The van der Waals surface area contributed by atoms with Crippen LogP contribution < -0.4 is 5.32 Å². The van der Waals surface area contributed by atoms with E-state index in [0.29, 0.717) is 26.8 Å². The summed E-state index contributed by atoms with van der Waals surface area (Å²) in [5.74, 6) is 1.30. The number of rotatable bonds is 7. The fourth-order valence-corrected chi connectivity index (χ4v) is 3.60. The molecule has 3 rings (SSSR count). The molecule has 0 fully saturated rings. The molecule has 8 heteroatoms. The topological polar surface area (TPSA) is 59.8 Å². The lowest BCUT2D eigenvalue weighted by molar-refractivity contribution is -0.113. The Morgan fingerprint density at radius 1 is 1.04 bits per heavy atom. The highest BCUT2D eigenvalue weighted by atomic mass is 35.5. The van der Waals surface area contributed by atoms with Crippen LogP contribution in [-0.4, -0.2) is 26.4 Å². The van der Waals surface area contributed by atoms with E-state index in [4.69, 9.17) is 23.2 Å². The van der Waals surface area contributed by atoms with Crippen LogP contribution in [0.15, 0.2) is 53.7 Å². The van der Waals surface area contributed by atoms with Crippen molar-refractivity contribution in [2.75, 3.05) is 11.1 Å². The molecule has 0 radical (unpaired) electrons. The van der Waals surface area contributed by atoms with E-state index in [2.05, 4.69) is 29.4 Å². The molecule has 0 saturated carbocycles. The molecule has 28 heavy (non-hydrogen) atoms. The largest absolute Gasteiger partial charge is 0.325 e. The van der Waals surface area contributed by atoms with Gasteiger partial charge in [-0.1, -0.05) is 48.8 Å². The Bertz CT molecular complexity index is 940. The number of amides is 1. The molecule has 0 spiro atoms. The van der Waals surface area contributed by atoms with Gasteiger partial charge in [0, 0.05) is 27.8 Å². The standard InChI is InChI=1S/C20H20Cl2N4OS/c1-13(2)11-26-19(14-3-5-15(21)6-4-14)24-25-20(26)28-12-18(27)23-17-9-7-16(22)8-10-17/h3-10,13H,11-12H2,1-2H3,(H,23,27). The third-order valence-electron chi connectivity index (χ3n) is 3.83. The molecule has 1 aromatic heterocycles. The molecule has 2 aromatic carbocycles. The van der Waals surface area contributed by atoms with Crippen molar-refractivity contribution in [2.24, 2.45) is 5.92 Å². The number of anilines is 1. The number of halogens is 2. The van der Waals surface area contributed by atoms with Crippen LogP contribution in [0.1, 0.15) is 13.8 Å². The molecule has 1 heterocycles. The first-order valence-corrected chi connectivity index (χ1v) is 10.5. The van der Waals surface area contributed by atoms with E-state index in [0.717, 1.165) is 17.9 Å². The molecule has 0 unspecified atom stereocenters. The average molecular weight is 435 g/mol. The summed E-state index contributed by atoms with van der Waals surface area (Å²) in [5, 5.41) is 13.5. The van der Waals surface area contributed by atoms with Gasteiger partial charge in [0.2, 0.25) is 5.91 Å². The summed E-state index contributed by atoms with van der Waals surface area (Å²) in [7, 11) is 0. The third-order valence-corrected chi connectivity index (χ3v) is 5.30. The predicted octanol–water partition coefficient (Wildman–Crippen LogP) is 5.64.